The number of aromatic amines is 1. The van der Waals surface area contributed by atoms with Crippen molar-refractivity contribution in [1.29, 1.82) is 0 Å². The number of hydrogen-bond donors (Lipinski definition) is 4. The van der Waals surface area contributed by atoms with Gasteiger partial charge in [0.1, 0.15) is 5.82 Å². The van der Waals surface area contributed by atoms with Crippen LogP contribution in [0.15, 0.2) is 11.6 Å². The highest BCUT2D eigenvalue weighted by atomic mass is 32.1. The molecule has 0 fully saturated rings. The van der Waals surface area contributed by atoms with Crippen molar-refractivity contribution in [2.45, 2.75) is 19.4 Å². The van der Waals surface area contributed by atoms with Gasteiger partial charge in [0.05, 0.1) is 17.2 Å². The molecule has 2 heterocycles. The van der Waals surface area contributed by atoms with Crippen LogP contribution in [-0.2, 0) is 6.42 Å². The van der Waals surface area contributed by atoms with Gasteiger partial charge in [0, 0.05) is 23.1 Å². The summed E-state index contributed by atoms with van der Waals surface area (Å²) in [5.41, 5.74) is 10.4. The molecule has 0 saturated carbocycles. The first-order valence-electron chi connectivity index (χ1n) is 4.86. The molecule has 7 heteroatoms. The third kappa shape index (κ3) is 2.21. The lowest BCUT2D eigenvalue weighted by Crippen LogP contribution is -2.29. The van der Waals surface area contributed by atoms with Crippen LogP contribution in [-0.4, -0.2) is 15.2 Å². The van der Waals surface area contributed by atoms with Gasteiger partial charge in [0.2, 0.25) is 0 Å². The zero-order chi connectivity index (χ0) is 11.5. The lowest BCUT2D eigenvalue weighted by Gasteiger charge is -2.13. The number of anilines is 1. The SMILES string of the molecule is Cc1csc(CC(NN)c2cn[nH]c2N)n1. The molecule has 0 aromatic carbocycles. The highest BCUT2D eigenvalue weighted by Crippen LogP contribution is 2.22. The number of hydrazine groups is 1. The molecule has 0 saturated heterocycles. The minimum Gasteiger partial charge on any atom is -0.384 e. The molecule has 0 bridgehead atoms. The van der Waals surface area contributed by atoms with E-state index < -0.39 is 0 Å². The number of aryl methyl sites for hydroxylation is 1. The van der Waals surface area contributed by atoms with E-state index in [4.69, 9.17) is 11.6 Å². The number of nitrogens with one attached hydrogen (secondary N) is 2. The van der Waals surface area contributed by atoms with Gasteiger partial charge in [-0.1, -0.05) is 0 Å². The molecule has 0 radical (unpaired) electrons. The van der Waals surface area contributed by atoms with Crippen molar-refractivity contribution in [3.63, 3.8) is 0 Å². The monoisotopic (exact) mass is 238 g/mol. The molecule has 16 heavy (non-hydrogen) atoms. The van der Waals surface area contributed by atoms with Crippen LogP contribution in [0.5, 0.6) is 0 Å². The Morgan fingerprint density at radius 1 is 1.62 bits per heavy atom. The van der Waals surface area contributed by atoms with E-state index in [2.05, 4.69) is 20.6 Å². The van der Waals surface area contributed by atoms with Crippen LogP contribution in [0.25, 0.3) is 0 Å². The van der Waals surface area contributed by atoms with Crippen molar-refractivity contribution in [1.82, 2.24) is 20.6 Å². The first-order valence-corrected chi connectivity index (χ1v) is 5.74. The second-order valence-corrected chi connectivity index (χ2v) is 4.49. The smallest absolute Gasteiger partial charge is 0.123 e. The van der Waals surface area contributed by atoms with Gasteiger partial charge in [-0.3, -0.25) is 16.4 Å². The van der Waals surface area contributed by atoms with Crippen LogP contribution < -0.4 is 17.0 Å². The summed E-state index contributed by atoms with van der Waals surface area (Å²) in [5.74, 6) is 6.06. The third-order valence-electron chi connectivity index (χ3n) is 2.32. The zero-order valence-electron chi connectivity index (χ0n) is 8.90. The molecule has 1 unspecified atom stereocenters. The second kappa shape index (κ2) is 4.60. The van der Waals surface area contributed by atoms with E-state index in [1.807, 2.05) is 12.3 Å². The van der Waals surface area contributed by atoms with Crippen LogP contribution in [0.2, 0.25) is 0 Å². The molecule has 0 spiro atoms. The van der Waals surface area contributed by atoms with E-state index in [1.54, 1.807) is 17.5 Å². The molecule has 1 atom stereocenters. The lowest BCUT2D eigenvalue weighted by atomic mass is 10.1. The lowest BCUT2D eigenvalue weighted by molar-refractivity contribution is 0.552. The van der Waals surface area contributed by atoms with Gasteiger partial charge in [0.15, 0.2) is 0 Å². The highest BCUT2D eigenvalue weighted by Gasteiger charge is 2.16. The summed E-state index contributed by atoms with van der Waals surface area (Å²) in [7, 11) is 0. The Labute approximate surface area is 97.0 Å². The average Bonchev–Trinajstić information content (AvgIpc) is 2.84. The number of nitrogen functional groups attached to an aromatic ring is 1. The van der Waals surface area contributed by atoms with E-state index in [1.165, 1.54) is 0 Å². The van der Waals surface area contributed by atoms with Crippen molar-refractivity contribution < 1.29 is 0 Å². The van der Waals surface area contributed by atoms with Crippen molar-refractivity contribution in [3.8, 4) is 0 Å². The number of rotatable bonds is 4. The van der Waals surface area contributed by atoms with E-state index in [-0.39, 0.29) is 6.04 Å². The van der Waals surface area contributed by atoms with Crippen molar-refractivity contribution in [3.05, 3.63) is 27.8 Å². The van der Waals surface area contributed by atoms with E-state index in [0.29, 0.717) is 12.2 Å². The predicted octanol–water partition coefficient (Wildman–Crippen LogP) is 0.504. The summed E-state index contributed by atoms with van der Waals surface area (Å²) in [4.78, 5) is 4.39. The summed E-state index contributed by atoms with van der Waals surface area (Å²) in [6.07, 6.45) is 2.39. The zero-order valence-corrected chi connectivity index (χ0v) is 9.71. The van der Waals surface area contributed by atoms with Crippen molar-refractivity contribution in [2.24, 2.45) is 5.84 Å². The largest absolute Gasteiger partial charge is 0.384 e. The topological polar surface area (TPSA) is 106 Å². The van der Waals surface area contributed by atoms with Gasteiger partial charge < -0.3 is 5.73 Å². The molecular formula is C9H14N6S. The Kier molecular flexibility index (Phi) is 3.18. The maximum atomic E-state index is 5.75. The number of H-pyrrole nitrogens is 1. The van der Waals surface area contributed by atoms with Crippen LogP contribution in [0.4, 0.5) is 5.82 Å². The van der Waals surface area contributed by atoms with Gasteiger partial charge in [-0.25, -0.2) is 4.98 Å². The normalized spacial score (nSPS) is 12.9. The van der Waals surface area contributed by atoms with Crippen LogP contribution in [0, 0.1) is 6.92 Å². The highest BCUT2D eigenvalue weighted by molar-refractivity contribution is 7.09. The van der Waals surface area contributed by atoms with E-state index in [0.717, 1.165) is 16.3 Å². The number of nitrogens with zero attached hydrogens (tertiary/aromatic N) is 2. The maximum Gasteiger partial charge on any atom is 0.123 e. The molecule has 0 aliphatic heterocycles. The van der Waals surface area contributed by atoms with Crippen LogP contribution >= 0.6 is 11.3 Å². The number of nitrogens with two attached hydrogens (primary N) is 2. The summed E-state index contributed by atoms with van der Waals surface area (Å²) in [5, 5.41) is 9.61. The summed E-state index contributed by atoms with van der Waals surface area (Å²) in [6.45, 7) is 1.97. The molecule has 6 N–H and O–H groups in total. The molecule has 0 amide bonds. The van der Waals surface area contributed by atoms with Crippen molar-refractivity contribution >= 4 is 17.2 Å². The van der Waals surface area contributed by atoms with Gasteiger partial charge in [0.25, 0.3) is 0 Å². The summed E-state index contributed by atoms with van der Waals surface area (Å²) < 4.78 is 0. The average molecular weight is 238 g/mol. The molecule has 86 valence electrons. The molecule has 2 rings (SSSR count). The Balaban J connectivity index is 2.15. The molecule has 2 aromatic rings. The van der Waals surface area contributed by atoms with Gasteiger partial charge in [-0.2, -0.15) is 5.10 Å². The van der Waals surface area contributed by atoms with Gasteiger partial charge >= 0.3 is 0 Å². The van der Waals surface area contributed by atoms with Crippen molar-refractivity contribution in [2.75, 3.05) is 5.73 Å². The Bertz CT molecular complexity index is 462. The fraction of sp³-hybridized carbons (Fsp3) is 0.333. The van der Waals surface area contributed by atoms with Gasteiger partial charge in [-0.15, -0.1) is 11.3 Å². The van der Waals surface area contributed by atoms with Crippen LogP contribution in [0.3, 0.4) is 0 Å². The standard InChI is InChI=1S/C9H14N6S/c1-5-4-16-8(13-5)2-7(14-11)6-3-12-15-9(6)10/h3-4,7,14H,2,11H2,1H3,(H3,10,12,15). The van der Waals surface area contributed by atoms with E-state index >= 15 is 0 Å². The molecule has 0 aliphatic rings. The second-order valence-electron chi connectivity index (χ2n) is 3.55. The third-order valence-corrected chi connectivity index (χ3v) is 3.31. The number of hydrogen-bond acceptors (Lipinski definition) is 6. The number of aromatic nitrogens is 3. The first kappa shape index (κ1) is 11.1. The predicted molar refractivity (Wildman–Crippen MR) is 63.6 cm³/mol. The fourth-order valence-corrected chi connectivity index (χ4v) is 2.33. The minimum atomic E-state index is -0.0655. The fourth-order valence-electron chi connectivity index (χ4n) is 1.51. The minimum absolute atomic E-state index is 0.0655. The first-order chi connectivity index (χ1) is 7.70. The Morgan fingerprint density at radius 3 is 2.94 bits per heavy atom. The maximum absolute atomic E-state index is 5.75. The Hall–Kier alpha value is -1.44. The molecule has 2 aromatic heterocycles. The van der Waals surface area contributed by atoms with E-state index in [9.17, 15) is 0 Å². The van der Waals surface area contributed by atoms with Crippen LogP contribution in [0.1, 0.15) is 22.3 Å². The molecular weight excluding hydrogens is 224 g/mol. The summed E-state index contributed by atoms with van der Waals surface area (Å²) in [6, 6.07) is -0.0655. The summed E-state index contributed by atoms with van der Waals surface area (Å²) >= 11 is 1.62. The van der Waals surface area contributed by atoms with Gasteiger partial charge in [-0.05, 0) is 6.92 Å². The quantitative estimate of drug-likeness (QED) is 0.458. The Morgan fingerprint density at radius 2 is 2.44 bits per heavy atom. The number of thiazole rings is 1. The molecule has 0 aliphatic carbocycles. The molecule has 6 nitrogen and oxygen atoms in total.